The molecule has 1 saturated carbocycles. The minimum atomic E-state index is -3.86. The van der Waals surface area contributed by atoms with Gasteiger partial charge in [-0.05, 0) is 61.1 Å². The fourth-order valence-corrected chi connectivity index (χ4v) is 7.14. The normalized spacial score (nSPS) is 14.6. The van der Waals surface area contributed by atoms with E-state index in [1.807, 2.05) is 62.4 Å². The summed E-state index contributed by atoms with van der Waals surface area (Å²) in [5, 5.41) is 4.00. The Morgan fingerprint density at radius 1 is 0.930 bits per heavy atom. The smallest absolute Gasteiger partial charge is 0.244 e. The summed E-state index contributed by atoms with van der Waals surface area (Å²) in [4.78, 5) is 29.9. The average molecular weight is 645 g/mol. The number of carbonyl (C=O) groups is 2. The molecule has 43 heavy (non-hydrogen) atoms. The number of halogens is 2. The van der Waals surface area contributed by atoms with Crippen LogP contribution in [0.15, 0.2) is 66.7 Å². The molecule has 10 heteroatoms. The van der Waals surface area contributed by atoms with Gasteiger partial charge >= 0.3 is 0 Å². The van der Waals surface area contributed by atoms with E-state index in [0.29, 0.717) is 21.3 Å². The molecule has 2 amide bonds. The van der Waals surface area contributed by atoms with Crippen molar-refractivity contribution in [2.45, 2.75) is 71.0 Å². The van der Waals surface area contributed by atoms with Crippen LogP contribution in [0.5, 0.6) is 0 Å². The molecule has 0 radical (unpaired) electrons. The maximum absolute atomic E-state index is 14.4. The molecule has 3 aromatic rings. The monoisotopic (exact) mass is 643 g/mol. The van der Waals surface area contributed by atoms with Crippen LogP contribution < -0.4 is 9.62 Å². The number of nitrogens with one attached hydrogen (secondary N) is 1. The van der Waals surface area contributed by atoms with Crippen LogP contribution in [0, 0.1) is 13.8 Å². The summed E-state index contributed by atoms with van der Waals surface area (Å²) < 4.78 is 27.4. The number of sulfonamides is 1. The quantitative estimate of drug-likeness (QED) is 0.260. The van der Waals surface area contributed by atoms with Crippen LogP contribution in [-0.2, 0) is 32.6 Å². The molecular weight excluding hydrogens is 605 g/mol. The van der Waals surface area contributed by atoms with Crippen LogP contribution in [0.25, 0.3) is 0 Å². The minimum Gasteiger partial charge on any atom is -0.352 e. The van der Waals surface area contributed by atoms with Crippen molar-refractivity contribution < 1.29 is 18.0 Å². The molecule has 230 valence electrons. The van der Waals surface area contributed by atoms with Crippen molar-refractivity contribution in [1.29, 1.82) is 0 Å². The Kier molecular flexibility index (Phi) is 11.2. The van der Waals surface area contributed by atoms with Gasteiger partial charge in [-0.15, -0.1) is 0 Å². The van der Waals surface area contributed by atoms with Gasteiger partial charge in [0.05, 0.1) is 11.9 Å². The van der Waals surface area contributed by atoms with Crippen molar-refractivity contribution in [2.75, 3.05) is 17.1 Å². The fraction of sp³-hybridized carbons (Fsp3) is 0.394. The van der Waals surface area contributed by atoms with Gasteiger partial charge in [-0.3, -0.25) is 13.9 Å². The van der Waals surface area contributed by atoms with Crippen LogP contribution in [0.3, 0.4) is 0 Å². The zero-order valence-electron chi connectivity index (χ0n) is 24.9. The zero-order valence-corrected chi connectivity index (χ0v) is 27.2. The predicted molar refractivity (Wildman–Crippen MR) is 174 cm³/mol. The number of amides is 2. The predicted octanol–water partition coefficient (Wildman–Crippen LogP) is 6.47. The van der Waals surface area contributed by atoms with Crippen molar-refractivity contribution in [3.63, 3.8) is 0 Å². The molecule has 1 fully saturated rings. The van der Waals surface area contributed by atoms with E-state index in [0.717, 1.165) is 59.4 Å². The Morgan fingerprint density at radius 3 is 2.19 bits per heavy atom. The SMILES string of the molecule is Cc1cccc(C)c1N(CC(=O)N(Cc1ccc(Cl)cc1Cl)[C@@H](Cc1ccccc1)C(=O)NC1CCCCC1)S(C)(=O)=O. The Balaban J connectivity index is 1.77. The Morgan fingerprint density at radius 2 is 1.58 bits per heavy atom. The highest BCUT2D eigenvalue weighted by Gasteiger charge is 2.35. The molecule has 1 N–H and O–H groups in total. The molecule has 0 heterocycles. The molecule has 4 rings (SSSR count). The topological polar surface area (TPSA) is 86.8 Å². The first-order valence-electron chi connectivity index (χ1n) is 14.6. The van der Waals surface area contributed by atoms with Crippen molar-refractivity contribution in [3.8, 4) is 0 Å². The van der Waals surface area contributed by atoms with Gasteiger partial charge in [0.25, 0.3) is 0 Å². The summed E-state index contributed by atoms with van der Waals surface area (Å²) in [5.74, 6) is -0.786. The third-order valence-corrected chi connectivity index (χ3v) is 9.65. The Labute approximate surface area is 265 Å². The first-order valence-corrected chi connectivity index (χ1v) is 17.2. The van der Waals surface area contributed by atoms with Crippen molar-refractivity contribution in [1.82, 2.24) is 10.2 Å². The maximum Gasteiger partial charge on any atom is 0.244 e. The maximum atomic E-state index is 14.4. The van der Waals surface area contributed by atoms with Gasteiger partial charge in [-0.25, -0.2) is 8.42 Å². The largest absolute Gasteiger partial charge is 0.352 e. The summed E-state index contributed by atoms with van der Waals surface area (Å²) in [6.07, 6.45) is 6.32. The van der Waals surface area contributed by atoms with Crippen LogP contribution in [-0.4, -0.2) is 50.0 Å². The number of hydrogen-bond acceptors (Lipinski definition) is 4. The highest BCUT2D eigenvalue weighted by Crippen LogP contribution is 2.29. The van der Waals surface area contributed by atoms with E-state index in [2.05, 4.69) is 5.32 Å². The third-order valence-electron chi connectivity index (χ3n) is 7.95. The standard InChI is InChI=1S/C33H39Cl2N3O4S/c1-23-11-10-12-24(2)32(23)38(43(3,41)42)22-31(39)37(21-26-17-18-27(34)20-29(26)35)30(19-25-13-6-4-7-14-25)33(40)36-28-15-8-5-9-16-28/h4,6-7,10-14,17-18,20,28,30H,5,8-9,15-16,19,21-22H2,1-3H3,(H,36,40)/t30-/m0/s1. The van der Waals surface area contributed by atoms with Gasteiger partial charge in [-0.1, -0.05) is 97.1 Å². The highest BCUT2D eigenvalue weighted by atomic mass is 35.5. The molecule has 7 nitrogen and oxygen atoms in total. The second-order valence-corrected chi connectivity index (χ2v) is 14.1. The average Bonchev–Trinajstić information content (AvgIpc) is 2.95. The summed E-state index contributed by atoms with van der Waals surface area (Å²) in [6.45, 7) is 3.14. The number of nitrogens with zero attached hydrogens (tertiary/aromatic N) is 2. The van der Waals surface area contributed by atoms with E-state index in [1.165, 1.54) is 4.90 Å². The minimum absolute atomic E-state index is 0.00518. The van der Waals surface area contributed by atoms with E-state index in [9.17, 15) is 18.0 Å². The van der Waals surface area contributed by atoms with Crippen LogP contribution in [0.4, 0.5) is 5.69 Å². The molecule has 0 aliphatic heterocycles. The summed E-state index contributed by atoms with van der Waals surface area (Å²) in [7, 11) is -3.86. The van der Waals surface area contributed by atoms with Gasteiger partial charge in [0, 0.05) is 29.1 Å². The molecule has 1 aliphatic carbocycles. The summed E-state index contributed by atoms with van der Waals surface area (Å²) >= 11 is 12.7. The number of benzene rings is 3. The number of hydrogen-bond donors (Lipinski definition) is 1. The van der Waals surface area contributed by atoms with E-state index >= 15 is 0 Å². The molecular formula is C33H39Cl2N3O4S. The van der Waals surface area contributed by atoms with E-state index in [-0.39, 0.29) is 24.9 Å². The fourth-order valence-electron chi connectivity index (χ4n) is 5.71. The van der Waals surface area contributed by atoms with E-state index in [1.54, 1.807) is 18.2 Å². The molecule has 0 aromatic heterocycles. The van der Waals surface area contributed by atoms with Crippen molar-refractivity contribution in [2.24, 2.45) is 0 Å². The molecule has 0 bridgehead atoms. The second kappa shape index (κ2) is 14.6. The third kappa shape index (κ3) is 8.74. The number of carbonyl (C=O) groups excluding carboxylic acids is 2. The Hall–Kier alpha value is -3.07. The zero-order chi connectivity index (χ0) is 31.1. The van der Waals surface area contributed by atoms with Gasteiger partial charge in [0.2, 0.25) is 21.8 Å². The van der Waals surface area contributed by atoms with Gasteiger partial charge in [-0.2, -0.15) is 0 Å². The van der Waals surface area contributed by atoms with Crippen LogP contribution >= 0.6 is 23.2 Å². The van der Waals surface area contributed by atoms with Gasteiger partial charge in [0.15, 0.2) is 0 Å². The first kappa shape index (κ1) is 32.8. The lowest BCUT2D eigenvalue weighted by Gasteiger charge is -2.35. The van der Waals surface area contributed by atoms with Crippen molar-refractivity contribution >= 4 is 50.7 Å². The lowest BCUT2D eigenvalue weighted by atomic mass is 9.94. The van der Waals surface area contributed by atoms with E-state index in [4.69, 9.17) is 23.2 Å². The molecule has 1 aliphatic rings. The molecule has 1 atom stereocenters. The summed E-state index contributed by atoms with van der Waals surface area (Å²) in [6, 6.07) is 19.1. The Bertz CT molecular complexity index is 1520. The van der Waals surface area contributed by atoms with Gasteiger partial charge < -0.3 is 10.2 Å². The molecule has 0 spiro atoms. The van der Waals surface area contributed by atoms with Crippen molar-refractivity contribution in [3.05, 3.63) is 99.0 Å². The lowest BCUT2D eigenvalue weighted by Crippen LogP contribution is -2.55. The number of aryl methyl sites for hydroxylation is 2. The van der Waals surface area contributed by atoms with Crippen LogP contribution in [0.2, 0.25) is 10.0 Å². The van der Waals surface area contributed by atoms with Gasteiger partial charge in [0.1, 0.15) is 12.6 Å². The molecule has 3 aromatic carbocycles. The lowest BCUT2D eigenvalue weighted by molar-refractivity contribution is -0.140. The van der Waals surface area contributed by atoms with E-state index < -0.39 is 28.5 Å². The molecule has 0 saturated heterocycles. The first-order chi connectivity index (χ1) is 20.4. The molecule has 0 unspecified atom stereocenters. The number of rotatable bonds is 11. The van der Waals surface area contributed by atoms with Crippen LogP contribution in [0.1, 0.15) is 54.4 Å². The highest BCUT2D eigenvalue weighted by molar-refractivity contribution is 7.92. The number of anilines is 1. The summed E-state index contributed by atoms with van der Waals surface area (Å²) in [5.41, 5.74) is 3.37. The number of para-hydroxylation sites is 1. The second-order valence-electron chi connectivity index (χ2n) is 11.3.